The summed E-state index contributed by atoms with van der Waals surface area (Å²) in [6.07, 6.45) is -0.0609. The lowest BCUT2D eigenvalue weighted by Crippen LogP contribution is -2.70. The van der Waals surface area contributed by atoms with Crippen LogP contribution >= 0.6 is 31.9 Å². The fourth-order valence-electron chi connectivity index (χ4n) is 12.4. The van der Waals surface area contributed by atoms with Crippen molar-refractivity contribution in [3.05, 3.63) is 127 Å². The Morgan fingerprint density at radius 1 is 0.802 bits per heavy atom. The molecule has 1 saturated heterocycles. The number of amides is 8. The molecule has 3 aromatic heterocycles. The van der Waals surface area contributed by atoms with Crippen molar-refractivity contribution in [2.45, 2.75) is 126 Å². The summed E-state index contributed by atoms with van der Waals surface area (Å²) in [5.41, 5.74) is 8.94. The highest BCUT2D eigenvalue weighted by Gasteiger charge is 2.50. The molecule has 29 nitrogen and oxygen atoms in total. The van der Waals surface area contributed by atoms with Crippen LogP contribution in [0, 0.1) is 18.7 Å². The first-order valence-corrected chi connectivity index (χ1v) is 35.5. The summed E-state index contributed by atoms with van der Waals surface area (Å²) in [5.74, 6) is -4.27. The van der Waals surface area contributed by atoms with Crippen LogP contribution in [0.15, 0.2) is 59.4 Å². The van der Waals surface area contributed by atoms with Crippen molar-refractivity contribution in [3.63, 3.8) is 0 Å². The molecule has 6 heterocycles. The monoisotopic (exact) mass is 1530 g/mol. The number of benzene rings is 3. The van der Waals surface area contributed by atoms with Crippen LogP contribution in [0.1, 0.15) is 120 Å². The molecule has 1 aliphatic carbocycles. The third-order valence-electron chi connectivity index (χ3n) is 18.1. The van der Waals surface area contributed by atoms with Crippen molar-refractivity contribution < 1.29 is 81.0 Å². The van der Waals surface area contributed by atoms with Gasteiger partial charge in [-0.25, -0.2) is 33.7 Å². The molecule has 4 aliphatic rings. The van der Waals surface area contributed by atoms with Gasteiger partial charge in [0, 0.05) is 64.0 Å². The lowest BCUT2D eigenvalue weighted by atomic mass is 9.81. The van der Waals surface area contributed by atoms with Gasteiger partial charge in [0.2, 0.25) is 17.7 Å². The van der Waals surface area contributed by atoms with E-state index in [1.165, 1.54) is 10.6 Å². The number of pyridine rings is 2. The first-order chi connectivity index (χ1) is 48.6. The molecule has 8 amide bonds. The molecular weight excluding hydrogens is 1450 g/mol. The lowest BCUT2D eigenvalue weighted by Gasteiger charge is -2.41. The van der Waals surface area contributed by atoms with Gasteiger partial charge in [-0.1, -0.05) is 64.8 Å². The van der Waals surface area contributed by atoms with Crippen molar-refractivity contribution in [1.29, 1.82) is 0 Å². The largest absolute Gasteiger partial charge is 0.458 e. The molecule has 1 fully saturated rings. The van der Waals surface area contributed by atoms with Crippen molar-refractivity contribution >= 4 is 107 Å². The van der Waals surface area contributed by atoms with Gasteiger partial charge in [-0.05, 0) is 104 Å². The molecule has 32 heteroatoms. The minimum atomic E-state index is -2.08. The number of ether oxygens (including phenoxy) is 7. The number of nitrogens with zero attached hydrogens (tertiary/aromatic N) is 4. The fourth-order valence-corrected chi connectivity index (χ4v) is 13.3. The maximum atomic E-state index is 15.6. The quantitative estimate of drug-likeness (QED) is 0.0146. The summed E-state index contributed by atoms with van der Waals surface area (Å²) in [6, 6.07) is 10.7. The molecule has 10 N–H and O–H groups in total. The molecule has 540 valence electrons. The number of aromatic nitrogens is 4. The van der Waals surface area contributed by atoms with E-state index in [4.69, 9.17) is 43.9 Å². The minimum absolute atomic E-state index is 0.0235. The third-order valence-corrected chi connectivity index (χ3v) is 19.1. The van der Waals surface area contributed by atoms with Crippen LogP contribution in [-0.4, -0.2) is 169 Å². The van der Waals surface area contributed by atoms with E-state index in [1.54, 1.807) is 76.2 Å². The highest BCUT2D eigenvalue weighted by molar-refractivity contribution is 9.09. The van der Waals surface area contributed by atoms with Gasteiger partial charge in [-0.3, -0.25) is 28.8 Å². The number of alkyl carbamates (subject to hydrolysis) is 1. The van der Waals surface area contributed by atoms with E-state index in [0.29, 0.717) is 135 Å². The Morgan fingerprint density at radius 2 is 1.49 bits per heavy atom. The molecule has 0 spiro atoms. The first-order valence-electron chi connectivity index (χ1n) is 33.3. The van der Waals surface area contributed by atoms with Gasteiger partial charge >= 0.3 is 18.1 Å². The Bertz CT molecular complexity index is 4200. The number of cyclic esters (lactones) is 1. The van der Waals surface area contributed by atoms with E-state index in [2.05, 4.69) is 79.0 Å². The second-order valence-electron chi connectivity index (χ2n) is 25.2. The van der Waals surface area contributed by atoms with Gasteiger partial charge < -0.3 is 85.8 Å². The Labute approximate surface area is 596 Å². The zero-order valence-corrected chi connectivity index (χ0v) is 59.4. The number of hydrogen-bond acceptors (Lipinski definition) is 20. The summed E-state index contributed by atoms with van der Waals surface area (Å²) in [6.45, 7) is 8.23. The number of anilines is 1. The van der Waals surface area contributed by atoms with Crippen LogP contribution in [0.4, 0.5) is 19.7 Å². The lowest BCUT2D eigenvalue weighted by molar-refractivity contribution is -0.172. The summed E-state index contributed by atoms with van der Waals surface area (Å²) in [5, 5.41) is 32.6. The number of esters is 1. The van der Waals surface area contributed by atoms with E-state index < -0.39 is 88.3 Å². The van der Waals surface area contributed by atoms with Crippen LogP contribution in [0.25, 0.3) is 33.3 Å². The van der Waals surface area contributed by atoms with Gasteiger partial charge in [0.25, 0.3) is 17.4 Å². The molecule has 4 atom stereocenters. The van der Waals surface area contributed by atoms with Crippen LogP contribution in [0.5, 0.6) is 0 Å². The normalized spacial score (nSPS) is 16.8. The highest BCUT2D eigenvalue weighted by Crippen LogP contribution is 2.46. The Balaban J connectivity index is 0.645. The van der Waals surface area contributed by atoms with Crippen molar-refractivity contribution in [2.24, 2.45) is 11.7 Å². The number of halogens is 3. The molecule has 3 aliphatic heterocycles. The van der Waals surface area contributed by atoms with Crippen LogP contribution in [-0.2, 0) is 99.6 Å². The van der Waals surface area contributed by atoms with Gasteiger partial charge in [-0.15, -0.1) is 0 Å². The summed E-state index contributed by atoms with van der Waals surface area (Å²) < 4.78 is 55.7. The number of nitrogens with one attached hydrogen (secondary N) is 7. The third kappa shape index (κ3) is 17.5. The van der Waals surface area contributed by atoms with E-state index in [9.17, 15) is 48.3 Å². The number of primary amides is 1. The maximum absolute atomic E-state index is 15.6. The van der Waals surface area contributed by atoms with E-state index in [0.717, 1.165) is 11.4 Å². The number of hydrogen-bond donors (Lipinski definition) is 9. The second kappa shape index (κ2) is 33.9. The van der Waals surface area contributed by atoms with Crippen LogP contribution in [0.2, 0.25) is 0 Å². The summed E-state index contributed by atoms with van der Waals surface area (Å²) >= 11 is 6.87. The smallest absolute Gasteiger partial charge is 0.408 e. The number of aryl methyl sites for hydroxylation is 1. The van der Waals surface area contributed by atoms with Crippen molar-refractivity contribution in [3.8, 4) is 11.4 Å². The molecule has 6 aromatic rings. The Morgan fingerprint density at radius 3 is 2.14 bits per heavy atom. The fraction of sp³-hybridized carbons (Fsp3) is 0.478. The Kier molecular flexibility index (Phi) is 25.2. The first kappa shape index (κ1) is 75.0. The molecule has 0 unspecified atom stereocenters. The minimum Gasteiger partial charge on any atom is -0.458 e. The number of nitrogens with two attached hydrogens (primary N) is 1. The van der Waals surface area contributed by atoms with E-state index in [1.807, 2.05) is 0 Å². The average Bonchev–Trinajstić information content (AvgIpc) is 1.61. The van der Waals surface area contributed by atoms with Gasteiger partial charge in [0.15, 0.2) is 11.1 Å². The number of aliphatic hydroxyl groups is 1. The second-order valence-corrected chi connectivity index (χ2v) is 26.3. The molecular formula is C69H81Br2FN12O17. The standard InChI is InChI=1S/C69H81Br2FN12O17/c1-5-69(94)45-28-54-59-43(32-84(54)63(89)44(45)34-100-65(69)91)57-48(15-13-42-38(4)46(72)29-51(79-59)56(42)57)81-64(90)68(35-99-36-68)83-67(93)101-33-39-8-11-41(12-9-39)76-61(87)49(7-6-17-75-66(73)92)80-62(88)58(37(2)3)82-55(85)16-19-95-21-23-97-25-26-98-24-22-96-20-18-74-60(86)40-10-14-47-50(27-40)78-53(31-71)52(30-70)77-47/h8-12,14,27-29,37,48-49,58,94H,5-7,13,15-26,30-36H2,1-4H3,(H,74,86)(H,76,87)(H,80,88)(H,81,90)(H,82,85)(H,83,93)(H3,73,75,92)/t48-,49+,58+,69-/m1/s1. The van der Waals surface area contributed by atoms with Crippen molar-refractivity contribution in [2.75, 3.05) is 84.5 Å². The predicted octanol–water partition coefficient (Wildman–Crippen LogP) is 4.96. The number of fused-ring (bicyclic) bond motifs is 6. The molecule has 101 heavy (non-hydrogen) atoms. The van der Waals surface area contributed by atoms with Crippen LogP contribution < -0.4 is 48.5 Å². The van der Waals surface area contributed by atoms with E-state index in [-0.39, 0.29) is 102 Å². The summed E-state index contributed by atoms with van der Waals surface area (Å²) in [4.78, 5) is 134. The average molecular weight is 1530 g/mol. The van der Waals surface area contributed by atoms with Crippen molar-refractivity contribution in [1.82, 2.24) is 51.4 Å². The Hall–Kier alpha value is -8.63. The zero-order valence-electron chi connectivity index (χ0n) is 56.2. The predicted molar refractivity (Wildman–Crippen MR) is 371 cm³/mol. The SMILES string of the molecule is CC[C@]1(O)C(=O)OCc2c1cc1n(c2=O)Cc2c-1nc1cc(F)c(C)c3c1c2[C@H](NC(=O)C1(NC(=O)OCc2ccc(NC(=O)[C@H](CCCNC(N)=O)NC(=O)[C@@H](NC(=O)CCOCCOCCOCCOCCNC(=O)c4ccc5nc(CBr)c(CBr)nc5c4)C(C)C)cc2)COC1)CC3. The molecule has 10 rings (SSSR count). The summed E-state index contributed by atoms with van der Waals surface area (Å²) in [7, 11) is 0. The molecule has 0 saturated carbocycles. The van der Waals surface area contributed by atoms with Crippen LogP contribution in [0.3, 0.4) is 0 Å². The van der Waals surface area contributed by atoms with Gasteiger partial charge in [-0.2, -0.15) is 0 Å². The number of rotatable bonds is 34. The molecule has 0 radical (unpaired) electrons. The van der Waals surface area contributed by atoms with E-state index >= 15 is 4.39 Å². The maximum Gasteiger partial charge on any atom is 0.408 e. The zero-order chi connectivity index (χ0) is 72.1. The molecule has 3 aromatic carbocycles. The number of urea groups is 1. The highest BCUT2D eigenvalue weighted by atomic mass is 79.9. The number of carbonyl (C=O) groups is 8. The topological polar surface area (TPSA) is 392 Å². The van der Waals surface area contributed by atoms with Gasteiger partial charge in [0.1, 0.15) is 31.1 Å². The number of carbonyl (C=O) groups excluding carboxylic acids is 8. The number of alkyl halides is 2. The molecule has 0 bridgehead atoms. The van der Waals surface area contributed by atoms with Gasteiger partial charge in [0.05, 0.1) is 124 Å².